The van der Waals surface area contributed by atoms with Crippen LogP contribution in [0.1, 0.15) is 21.7 Å². The first-order valence-corrected chi connectivity index (χ1v) is 5.66. The second-order valence-electron chi connectivity index (χ2n) is 2.63. The molecule has 0 aliphatic heterocycles. The highest BCUT2D eigenvalue weighted by molar-refractivity contribution is 14.1. The van der Waals surface area contributed by atoms with Crippen LogP contribution in [-0.2, 0) is 6.42 Å². The second kappa shape index (κ2) is 2.86. The number of Topliss-reactive ketones (excluding diaryl/α,β-unsaturated/α-hetero) is 1. The summed E-state index contributed by atoms with van der Waals surface area (Å²) >= 11 is 3.94. The Morgan fingerprint density at radius 3 is 3.27 bits per heavy atom. The molecule has 1 aliphatic rings. The summed E-state index contributed by atoms with van der Waals surface area (Å²) in [4.78, 5) is 12.8. The molecule has 0 bridgehead atoms. The first-order valence-electron chi connectivity index (χ1n) is 3.53. The van der Waals surface area contributed by atoms with Crippen molar-refractivity contribution in [2.45, 2.75) is 16.8 Å². The molecule has 1 nitrogen and oxygen atoms in total. The average molecular weight is 278 g/mol. The van der Waals surface area contributed by atoms with E-state index in [-0.39, 0.29) is 3.92 Å². The van der Waals surface area contributed by atoms with Crippen LogP contribution in [0.5, 0.6) is 0 Å². The molecule has 0 aromatic carbocycles. The van der Waals surface area contributed by atoms with Crippen molar-refractivity contribution >= 4 is 39.7 Å². The van der Waals surface area contributed by atoms with Gasteiger partial charge in [-0.25, -0.2) is 0 Å². The summed E-state index contributed by atoms with van der Waals surface area (Å²) in [5, 5.41) is 2.01. The summed E-state index contributed by atoms with van der Waals surface area (Å²) in [7, 11) is 0. The highest BCUT2D eigenvalue weighted by atomic mass is 127. The molecule has 0 unspecified atom stereocenters. The van der Waals surface area contributed by atoms with Gasteiger partial charge in [0, 0.05) is 10.4 Å². The van der Waals surface area contributed by atoms with Crippen molar-refractivity contribution in [2.75, 3.05) is 0 Å². The van der Waals surface area contributed by atoms with Gasteiger partial charge in [0.2, 0.25) is 0 Å². The fourth-order valence-electron chi connectivity index (χ4n) is 1.31. The van der Waals surface area contributed by atoms with Gasteiger partial charge in [0.05, 0.1) is 3.92 Å². The fourth-order valence-corrected chi connectivity index (χ4v) is 2.86. The van der Waals surface area contributed by atoms with Gasteiger partial charge in [-0.3, -0.25) is 4.79 Å². The molecule has 1 aromatic heterocycles. The molecule has 58 valence electrons. The Morgan fingerprint density at radius 2 is 2.45 bits per heavy atom. The Labute approximate surface area is 82.9 Å². The minimum absolute atomic E-state index is 0.217. The zero-order valence-electron chi connectivity index (χ0n) is 5.84. The maximum atomic E-state index is 11.5. The number of alkyl halides is 1. The number of carbonyl (C=O) groups excluding carboxylic acids is 1. The number of hydrogen-bond acceptors (Lipinski definition) is 2. The average Bonchev–Trinajstić information content (AvgIpc) is 2.45. The first kappa shape index (κ1) is 7.73. The van der Waals surface area contributed by atoms with Crippen molar-refractivity contribution in [2.24, 2.45) is 0 Å². The summed E-state index contributed by atoms with van der Waals surface area (Å²) < 4.78 is 0.217. The van der Waals surface area contributed by atoms with Crippen LogP contribution in [0.2, 0.25) is 0 Å². The van der Waals surface area contributed by atoms with Gasteiger partial charge in [-0.2, -0.15) is 0 Å². The minimum atomic E-state index is 0.217. The van der Waals surface area contributed by atoms with Crippen molar-refractivity contribution < 1.29 is 4.79 Å². The molecule has 0 saturated heterocycles. The number of rotatable bonds is 0. The Morgan fingerprint density at radius 1 is 1.64 bits per heavy atom. The van der Waals surface area contributed by atoms with Gasteiger partial charge in [0.1, 0.15) is 0 Å². The molecule has 1 aromatic rings. The minimum Gasteiger partial charge on any atom is -0.293 e. The standard InChI is InChI=1S/C8H7IOS/c9-6-1-2-7-5(8(6)10)3-4-11-7/h3-4,6H,1-2H2/t6-/m0/s1. The van der Waals surface area contributed by atoms with E-state index in [1.807, 2.05) is 11.4 Å². The monoisotopic (exact) mass is 278 g/mol. The molecular formula is C8H7IOS. The van der Waals surface area contributed by atoms with Gasteiger partial charge in [-0.05, 0) is 24.3 Å². The maximum Gasteiger partial charge on any atom is 0.176 e. The molecule has 0 radical (unpaired) electrons. The van der Waals surface area contributed by atoms with Crippen molar-refractivity contribution in [3.8, 4) is 0 Å². The maximum absolute atomic E-state index is 11.5. The van der Waals surface area contributed by atoms with E-state index in [1.165, 1.54) is 4.88 Å². The molecule has 11 heavy (non-hydrogen) atoms. The summed E-state index contributed by atoms with van der Waals surface area (Å²) in [5.74, 6) is 0.327. The Kier molecular flexibility index (Phi) is 2.01. The summed E-state index contributed by atoms with van der Waals surface area (Å²) in [6, 6.07) is 1.95. The lowest BCUT2D eigenvalue weighted by Crippen LogP contribution is -2.20. The Balaban J connectivity index is 2.46. The molecule has 2 rings (SSSR count). The van der Waals surface area contributed by atoms with E-state index >= 15 is 0 Å². The molecular weight excluding hydrogens is 271 g/mol. The van der Waals surface area contributed by atoms with E-state index in [4.69, 9.17) is 0 Å². The Bertz CT molecular complexity index is 292. The second-order valence-corrected chi connectivity index (χ2v) is 5.13. The van der Waals surface area contributed by atoms with Gasteiger partial charge in [-0.1, -0.05) is 22.6 Å². The number of fused-ring (bicyclic) bond motifs is 1. The van der Waals surface area contributed by atoms with E-state index < -0.39 is 0 Å². The van der Waals surface area contributed by atoms with Crippen LogP contribution in [0, 0.1) is 0 Å². The molecule has 1 aliphatic carbocycles. The number of hydrogen-bond donors (Lipinski definition) is 0. The van der Waals surface area contributed by atoms with Crippen LogP contribution in [0.4, 0.5) is 0 Å². The third kappa shape index (κ3) is 1.24. The smallest absolute Gasteiger partial charge is 0.176 e. The third-order valence-electron chi connectivity index (χ3n) is 1.92. The van der Waals surface area contributed by atoms with Gasteiger partial charge in [0.15, 0.2) is 5.78 Å². The summed E-state index contributed by atoms with van der Waals surface area (Å²) in [5.41, 5.74) is 0.973. The van der Waals surface area contributed by atoms with Gasteiger partial charge in [0.25, 0.3) is 0 Å². The highest BCUT2D eigenvalue weighted by Crippen LogP contribution is 2.29. The van der Waals surface area contributed by atoms with Crippen LogP contribution in [0.25, 0.3) is 0 Å². The lowest BCUT2D eigenvalue weighted by atomic mass is 9.98. The van der Waals surface area contributed by atoms with Gasteiger partial charge >= 0.3 is 0 Å². The van der Waals surface area contributed by atoms with Crippen LogP contribution < -0.4 is 0 Å². The normalized spacial score (nSPS) is 23.4. The summed E-state index contributed by atoms with van der Waals surface area (Å²) in [6.45, 7) is 0. The number of thiophene rings is 1. The molecule has 1 heterocycles. The lowest BCUT2D eigenvalue weighted by molar-refractivity contribution is 0.0985. The van der Waals surface area contributed by atoms with Crippen LogP contribution in [0.15, 0.2) is 11.4 Å². The number of ketones is 1. The van der Waals surface area contributed by atoms with Crippen LogP contribution in [-0.4, -0.2) is 9.71 Å². The fraction of sp³-hybridized carbons (Fsp3) is 0.375. The molecule has 0 amide bonds. The lowest BCUT2D eigenvalue weighted by Gasteiger charge is -2.14. The third-order valence-corrected chi connectivity index (χ3v) is 4.09. The number of carbonyl (C=O) groups is 1. The number of aryl methyl sites for hydroxylation is 1. The molecule has 0 N–H and O–H groups in total. The van der Waals surface area contributed by atoms with Crippen molar-refractivity contribution in [1.82, 2.24) is 0 Å². The van der Waals surface area contributed by atoms with Crippen molar-refractivity contribution in [3.05, 3.63) is 21.9 Å². The highest BCUT2D eigenvalue weighted by Gasteiger charge is 2.25. The molecule has 1 atom stereocenters. The van der Waals surface area contributed by atoms with Gasteiger partial charge in [-0.15, -0.1) is 11.3 Å². The van der Waals surface area contributed by atoms with E-state index in [9.17, 15) is 4.79 Å². The largest absolute Gasteiger partial charge is 0.293 e. The first-order chi connectivity index (χ1) is 5.29. The summed E-state index contributed by atoms with van der Waals surface area (Å²) in [6.07, 6.45) is 2.11. The zero-order valence-corrected chi connectivity index (χ0v) is 8.81. The SMILES string of the molecule is O=C1c2ccsc2CC[C@@H]1I. The zero-order chi connectivity index (χ0) is 7.84. The Hall–Kier alpha value is 0.1000. The van der Waals surface area contributed by atoms with E-state index in [0.717, 1.165) is 18.4 Å². The number of halogens is 1. The predicted octanol–water partition coefficient (Wildman–Crippen LogP) is 2.68. The van der Waals surface area contributed by atoms with E-state index in [1.54, 1.807) is 11.3 Å². The van der Waals surface area contributed by atoms with Crippen molar-refractivity contribution in [1.29, 1.82) is 0 Å². The quantitative estimate of drug-likeness (QED) is 0.526. The molecule has 0 saturated carbocycles. The van der Waals surface area contributed by atoms with Crippen molar-refractivity contribution in [3.63, 3.8) is 0 Å². The van der Waals surface area contributed by atoms with E-state index in [0.29, 0.717) is 5.78 Å². The van der Waals surface area contributed by atoms with Gasteiger partial charge < -0.3 is 0 Å². The predicted molar refractivity (Wildman–Crippen MR) is 54.8 cm³/mol. The topological polar surface area (TPSA) is 17.1 Å². The molecule has 3 heteroatoms. The molecule has 0 spiro atoms. The van der Waals surface area contributed by atoms with Crippen LogP contribution >= 0.6 is 33.9 Å². The molecule has 0 fully saturated rings. The van der Waals surface area contributed by atoms with E-state index in [2.05, 4.69) is 22.6 Å². The van der Waals surface area contributed by atoms with Crippen LogP contribution in [0.3, 0.4) is 0 Å².